The number of nitrogens with two attached hydrogens (primary N) is 1. The molecule has 0 amide bonds. The Morgan fingerprint density at radius 1 is 1.38 bits per heavy atom. The fraction of sp³-hybridized carbons (Fsp3) is 0.846. The second-order valence-corrected chi connectivity index (χ2v) is 4.91. The van der Waals surface area contributed by atoms with Crippen LogP contribution in [0.15, 0.2) is 12.7 Å². The van der Waals surface area contributed by atoms with Gasteiger partial charge in [0, 0.05) is 19.1 Å². The Bertz CT molecular complexity index is 186. The van der Waals surface area contributed by atoms with Gasteiger partial charge >= 0.3 is 0 Å². The Morgan fingerprint density at radius 2 is 2.06 bits per heavy atom. The molecule has 3 nitrogen and oxygen atoms in total. The number of unbranched alkanes of at least 4 members (excludes halogenated alkanes) is 1. The van der Waals surface area contributed by atoms with Gasteiger partial charge in [0.05, 0.1) is 0 Å². The maximum absolute atomic E-state index is 5.89. The van der Waals surface area contributed by atoms with Crippen molar-refractivity contribution in [1.29, 1.82) is 0 Å². The van der Waals surface area contributed by atoms with Crippen molar-refractivity contribution in [1.82, 2.24) is 9.80 Å². The number of hydrogen-bond acceptors (Lipinski definition) is 3. The minimum absolute atomic E-state index is 0.446. The first-order valence-electron chi connectivity index (χ1n) is 6.49. The van der Waals surface area contributed by atoms with E-state index in [1.807, 2.05) is 6.08 Å². The number of likely N-dealkylation sites (N-methyl/N-ethyl adjacent to an activating group) is 1. The Morgan fingerprint density at radius 3 is 2.69 bits per heavy atom. The van der Waals surface area contributed by atoms with Crippen LogP contribution in [0.25, 0.3) is 0 Å². The standard InChI is InChI=1S/C13H27N3/c1-3-4-5-8-15(2)11-12-16-9-6-13(14)7-10-16/h3,13H,1,4-12,14H2,2H3. The molecular formula is C13H27N3. The van der Waals surface area contributed by atoms with E-state index in [4.69, 9.17) is 5.73 Å². The van der Waals surface area contributed by atoms with Gasteiger partial charge < -0.3 is 15.5 Å². The topological polar surface area (TPSA) is 32.5 Å². The van der Waals surface area contributed by atoms with E-state index in [-0.39, 0.29) is 0 Å². The van der Waals surface area contributed by atoms with Crippen LogP contribution in [0.5, 0.6) is 0 Å². The maximum atomic E-state index is 5.89. The van der Waals surface area contributed by atoms with E-state index in [2.05, 4.69) is 23.4 Å². The molecule has 1 rings (SSSR count). The van der Waals surface area contributed by atoms with Gasteiger partial charge in [-0.3, -0.25) is 0 Å². The number of allylic oxidation sites excluding steroid dienone is 1. The molecule has 3 heteroatoms. The molecular weight excluding hydrogens is 198 g/mol. The molecule has 1 aliphatic rings. The first kappa shape index (κ1) is 13.7. The smallest absolute Gasteiger partial charge is 0.0109 e. The molecule has 1 aliphatic heterocycles. The summed E-state index contributed by atoms with van der Waals surface area (Å²) in [5.74, 6) is 0. The van der Waals surface area contributed by atoms with Gasteiger partial charge in [-0.25, -0.2) is 0 Å². The van der Waals surface area contributed by atoms with E-state index in [0.717, 1.165) is 6.42 Å². The highest BCUT2D eigenvalue weighted by Gasteiger charge is 2.15. The van der Waals surface area contributed by atoms with Gasteiger partial charge in [-0.1, -0.05) is 6.08 Å². The van der Waals surface area contributed by atoms with Crippen molar-refractivity contribution in [3.05, 3.63) is 12.7 Å². The van der Waals surface area contributed by atoms with E-state index in [1.165, 1.54) is 52.0 Å². The largest absolute Gasteiger partial charge is 0.328 e. The molecule has 1 heterocycles. The number of nitrogens with zero attached hydrogens (tertiary/aromatic N) is 2. The van der Waals surface area contributed by atoms with Crippen LogP contribution in [-0.2, 0) is 0 Å². The summed E-state index contributed by atoms with van der Waals surface area (Å²) in [7, 11) is 2.21. The normalized spacial score (nSPS) is 19.2. The third-order valence-electron chi connectivity index (χ3n) is 3.38. The summed E-state index contributed by atoms with van der Waals surface area (Å²) in [6, 6.07) is 0.446. The zero-order chi connectivity index (χ0) is 11.8. The Hall–Kier alpha value is -0.380. The molecule has 1 saturated heterocycles. The van der Waals surface area contributed by atoms with Crippen LogP contribution >= 0.6 is 0 Å². The Kier molecular flexibility index (Phi) is 6.69. The third-order valence-corrected chi connectivity index (χ3v) is 3.38. The summed E-state index contributed by atoms with van der Waals surface area (Å²) >= 11 is 0. The number of hydrogen-bond donors (Lipinski definition) is 1. The summed E-state index contributed by atoms with van der Waals surface area (Å²) in [5.41, 5.74) is 5.89. The average molecular weight is 225 g/mol. The van der Waals surface area contributed by atoms with Crippen LogP contribution in [0.1, 0.15) is 25.7 Å². The van der Waals surface area contributed by atoms with Crippen molar-refractivity contribution in [2.45, 2.75) is 31.7 Å². The first-order valence-corrected chi connectivity index (χ1v) is 6.49. The van der Waals surface area contributed by atoms with Crippen molar-refractivity contribution in [2.24, 2.45) is 5.73 Å². The quantitative estimate of drug-likeness (QED) is 0.524. The van der Waals surface area contributed by atoms with E-state index >= 15 is 0 Å². The number of rotatable bonds is 7. The second-order valence-electron chi connectivity index (χ2n) is 4.91. The highest BCUT2D eigenvalue weighted by Crippen LogP contribution is 2.07. The molecule has 0 bridgehead atoms. The van der Waals surface area contributed by atoms with Gasteiger partial charge in [0.15, 0.2) is 0 Å². The predicted octanol–water partition coefficient (Wildman–Crippen LogP) is 1.31. The lowest BCUT2D eigenvalue weighted by molar-refractivity contribution is 0.185. The average Bonchev–Trinajstić information content (AvgIpc) is 2.29. The predicted molar refractivity (Wildman–Crippen MR) is 70.6 cm³/mol. The molecule has 0 unspecified atom stereocenters. The van der Waals surface area contributed by atoms with Crippen LogP contribution < -0.4 is 5.73 Å². The van der Waals surface area contributed by atoms with Crippen molar-refractivity contribution in [2.75, 3.05) is 39.8 Å². The fourth-order valence-corrected chi connectivity index (χ4v) is 2.11. The Labute approximate surface area is 100 Å². The molecule has 2 N–H and O–H groups in total. The zero-order valence-corrected chi connectivity index (χ0v) is 10.7. The molecule has 0 radical (unpaired) electrons. The lowest BCUT2D eigenvalue weighted by Crippen LogP contribution is -2.42. The van der Waals surface area contributed by atoms with Gasteiger partial charge in [-0.2, -0.15) is 0 Å². The number of piperidine rings is 1. The van der Waals surface area contributed by atoms with Crippen LogP contribution in [0.2, 0.25) is 0 Å². The minimum atomic E-state index is 0.446. The van der Waals surface area contributed by atoms with E-state index in [9.17, 15) is 0 Å². The van der Waals surface area contributed by atoms with Crippen LogP contribution in [-0.4, -0.2) is 55.6 Å². The van der Waals surface area contributed by atoms with Gasteiger partial charge in [0.25, 0.3) is 0 Å². The molecule has 0 atom stereocenters. The van der Waals surface area contributed by atoms with E-state index < -0.39 is 0 Å². The summed E-state index contributed by atoms with van der Waals surface area (Å²) in [4.78, 5) is 4.95. The molecule has 16 heavy (non-hydrogen) atoms. The molecule has 0 aromatic heterocycles. The third kappa shape index (κ3) is 5.64. The van der Waals surface area contributed by atoms with Gasteiger partial charge in [0.2, 0.25) is 0 Å². The highest BCUT2D eigenvalue weighted by atomic mass is 15.2. The summed E-state index contributed by atoms with van der Waals surface area (Å²) in [6.07, 6.45) is 6.69. The summed E-state index contributed by atoms with van der Waals surface area (Å²) < 4.78 is 0. The van der Waals surface area contributed by atoms with Crippen molar-refractivity contribution < 1.29 is 0 Å². The first-order chi connectivity index (χ1) is 7.72. The monoisotopic (exact) mass is 225 g/mol. The molecule has 0 aliphatic carbocycles. The van der Waals surface area contributed by atoms with Crippen molar-refractivity contribution >= 4 is 0 Å². The second kappa shape index (κ2) is 7.82. The summed E-state index contributed by atoms with van der Waals surface area (Å²) in [6.45, 7) is 9.65. The lowest BCUT2D eigenvalue weighted by Gasteiger charge is -2.31. The van der Waals surface area contributed by atoms with Crippen molar-refractivity contribution in [3.63, 3.8) is 0 Å². The zero-order valence-electron chi connectivity index (χ0n) is 10.7. The Balaban J connectivity index is 2.02. The number of likely N-dealkylation sites (tertiary alicyclic amines) is 1. The highest BCUT2D eigenvalue weighted by molar-refractivity contribution is 4.74. The van der Waals surface area contributed by atoms with E-state index in [0.29, 0.717) is 6.04 Å². The molecule has 94 valence electrons. The van der Waals surface area contributed by atoms with Gasteiger partial charge in [-0.15, -0.1) is 6.58 Å². The molecule has 0 aromatic carbocycles. The van der Waals surface area contributed by atoms with Gasteiger partial charge in [-0.05, 0) is 52.4 Å². The molecule has 0 spiro atoms. The van der Waals surface area contributed by atoms with Crippen LogP contribution in [0.3, 0.4) is 0 Å². The van der Waals surface area contributed by atoms with Crippen LogP contribution in [0, 0.1) is 0 Å². The fourth-order valence-electron chi connectivity index (χ4n) is 2.11. The molecule has 1 fully saturated rings. The molecule has 0 aromatic rings. The van der Waals surface area contributed by atoms with Gasteiger partial charge in [0.1, 0.15) is 0 Å². The summed E-state index contributed by atoms with van der Waals surface area (Å²) in [5, 5.41) is 0. The lowest BCUT2D eigenvalue weighted by atomic mass is 10.1. The maximum Gasteiger partial charge on any atom is 0.0109 e. The molecule has 0 saturated carbocycles. The minimum Gasteiger partial charge on any atom is -0.328 e. The van der Waals surface area contributed by atoms with Crippen molar-refractivity contribution in [3.8, 4) is 0 Å². The van der Waals surface area contributed by atoms with Crippen LogP contribution in [0.4, 0.5) is 0 Å². The SMILES string of the molecule is C=CCCCN(C)CCN1CCC(N)CC1. The van der Waals surface area contributed by atoms with E-state index in [1.54, 1.807) is 0 Å².